The molecule has 2 rings (SSSR count). The van der Waals surface area contributed by atoms with E-state index in [2.05, 4.69) is 17.2 Å². The van der Waals surface area contributed by atoms with Crippen LogP contribution in [0.4, 0.5) is 5.82 Å². The molecule has 1 aromatic heterocycles. The lowest BCUT2D eigenvalue weighted by atomic mass is 9.96. The van der Waals surface area contributed by atoms with E-state index in [-0.39, 0.29) is 5.54 Å². The van der Waals surface area contributed by atoms with Gasteiger partial charge in [-0.1, -0.05) is 0 Å². The lowest BCUT2D eigenvalue weighted by Crippen LogP contribution is -2.44. The van der Waals surface area contributed by atoms with E-state index in [9.17, 15) is 0 Å². The van der Waals surface area contributed by atoms with Gasteiger partial charge in [-0.05, 0) is 37.8 Å². The topological polar surface area (TPSA) is 60.2 Å². The highest BCUT2D eigenvalue weighted by molar-refractivity contribution is 5.41. The van der Waals surface area contributed by atoms with Crippen LogP contribution in [0.3, 0.4) is 0 Å². The Morgan fingerprint density at radius 2 is 2.31 bits per heavy atom. The Kier molecular flexibility index (Phi) is 3.01. The van der Waals surface area contributed by atoms with Crippen LogP contribution in [0.2, 0.25) is 0 Å². The number of nitrogens with zero attached hydrogens (tertiary/aromatic N) is 1. The van der Waals surface area contributed by atoms with Crippen molar-refractivity contribution in [3.05, 3.63) is 18.3 Å². The molecule has 1 aliphatic carbocycles. The summed E-state index contributed by atoms with van der Waals surface area (Å²) in [5.74, 6) is 2.31. The number of anilines is 1. The number of rotatable bonds is 5. The van der Waals surface area contributed by atoms with E-state index < -0.39 is 0 Å². The fourth-order valence-corrected chi connectivity index (χ4v) is 1.91. The van der Waals surface area contributed by atoms with Gasteiger partial charge in [-0.25, -0.2) is 4.98 Å². The van der Waals surface area contributed by atoms with Crippen molar-refractivity contribution in [3.63, 3.8) is 0 Å². The standard InChI is InChI=1S/C12H19N3O/c1-12(8-13,9-3-4-9)15-11-6-5-10(16-2)7-14-11/h5-7,9H,3-4,8,13H2,1-2H3,(H,14,15). The molecule has 4 heteroatoms. The summed E-state index contributed by atoms with van der Waals surface area (Å²) in [5.41, 5.74) is 5.81. The molecule has 4 nitrogen and oxygen atoms in total. The Labute approximate surface area is 96.2 Å². The van der Waals surface area contributed by atoms with Gasteiger partial charge in [-0.2, -0.15) is 0 Å². The molecule has 0 aromatic carbocycles. The van der Waals surface area contributed by atoms with Crippen molar-refractivity contribution < 1.29 is 4.74 Å². The largest absolute Gasteiger partial charge is 0.495 e. The first kappa shape index (κ1) is 11.2. The van der Waals surface area contributed by atoms with E-state index in [1.165, 1.54) is 12.8 Å². The summed E-state index contributed by atoms with van der Waals surface area (Å²) in [6.45, 7) is 2.79. The highest BCUT2D eigenvalue weighted by atomic mass is 16.5. The van der Waals surface area contributed by atoms with Crippen LogP contribution in [-0.4, -0.2) is 24.2 Å². The zero-order valence-corrected chi connectivity index (χ0v) is 9.86. The molecule has 1 aliphatic rings. The van der Waals surface area contributed by atoms with Crippen molar-refractivity contribution in [1.82, 2.24) is 4.98 Å². The molecule has 1 heterocycles. The van der Waals surface area contributed by atoms with E-state index in [0.717, 1.165) is 11.6 Å². The monoisotopic (exact) mass is 221 g/mol. The van der Waals surface area contributed by atoms with Gasteiger partial charge in [0.05, 0.1) is 18.8 Å². The maximum Gasteiger partial charge on any atom is 0.137 e. The number of ether oxygens (including phenoxy) is 1. The van der Waals surface area contributed by atoms with E-state index in [1.54, 1.807) is 13.3 Å². The fourth-order valence-electron chi connectivity index (χ4n) is 1.91. The second-order valence-corrected chi connectivity index (χ2v) is 4.60. The van der Waals surface area contributed by atoms with Crippen LogP contribution in [-0.2, 0) is 0 Å². The van der Waals surface area contributed by atoms with Gasteiger partial charge in [-0.15, -0.1) is 0 Å². The van der Waals surface area contributed by atoms with Crippen LogP contribution in [0.1, 0.15) is 19.8 Å². The molecule has 0 aliphatic heterocycles. The first-order valence-electron chi connectivity index (χ1n) is 5.66. The smallest absolute Gasteiger partial charge is 0.137 e. The molecule has 0 bridgehead atoms. The van der Waals surface area contributed by atoms with Gasteiger partial charge in [0.1, 0.15) is 11.6 Å². The Hall–Kier alpha value is -1.29. The maximum atomic E-state index is 5.84. The van der Waals surface area contributed by atoms with Crippen LogP contribution >= 0.6 is 0 Å². The van der Waals surface area contributed by atoms with Crippen molar-refractivity contribution >= 4 is 5.82 Å². The van der Waals surface area contributed by atoms with Crippen molar-refractivity contribution in [2.24, 2.45) is 11.7 Å². The minimum atomic E-state index is -0.0262. The van der Waals surface area contributed by atoms with Gasteiger partial charge >= 0.3 is 0 Å². The zero-order chi connectivity index (χ0) is 11.6. The van der Waals surface area contributed by atoms with Crippen LogP contribution in [0.25, 0.3) is 0 Å². The summed E-state index contributed by atoms with van der Waals surface area (Å²) < 4.78 is 5.07. The Bertz CT molecular complexity index is 348. The molecule has 3 N–H and O–H groups in total. The molecule has 1 saturated carbocycles. The van der Waals surface area contributed by atoms with Crippen molar-refractivity contribution in [2.45, 2.75) is 25.3 Å². The average molecular weight is 221 g/mol. The third-order valence-electron chi connectivity index (χ3n) is 3.29. The summed E-state index contributed by atoms with van der Waals surface area (Å²) in [5, 5.41) is 3.43. The van der Waals surface area contributed by atoms with Crippen LogP contribution in [0, 0.1) is 5.92 Å². The molecule has 1 aromatic rings. The molecule has 1 fully saturated rings. The molecule has 0 radical (unpaired) electrons. The van der Waals surface area contributed by atoms with E-state index in [4.69, 9.17) is 10.5 Å². The third-order valence-corrected chi connectivity index (χ3v) is 3.29. The SMILES string of the molecule is COc1ccc(NC(C)(CN)C2CC2)nc1. The minimum absolute atomic E-state index is 0.0262. The Morgan fingerprint density at radius 3 is 2.75 bits per heavy atom. The lowest BCUT2D eigenvalue weighted by molar-refractivity contribution is 0.412. The second-order valence-electron chi connectivity index (χ2n) is 4.60. The fraction of sp³-hybridized carbons (Fsp3) is 0.583. The number of methoxy groups -OCH3 is 1. The van der Waals surface area contributed by atoms with Gasteiger partial charge in [-0.3, -0.25) is 0 Å². The van der Waals surface area contributed by atoms with E-state index in [1.807, 2.05) is 12.1 Å². The number of hydrogen-bond acceptors (Lipinski definition) is 4. The van der Waals surface area contributed by atoms with Crippen molar-refractivity contribution in [2.75, 3.05) is 19.0 Å². The molecule has 88 valence electrons. The third kappa shape index (κ3) is 2.27. The van der Waals surface area contributed by atoms with Crippen LogP contribution in [0.15, 0.2) is 18.3 Å². The highest BCUT2D eigenvalue weighted by Gasteiger charge is 2.40. The Morgan fingerprint density at radius 1 is 1.56 bits per heavy atom. The number of nitrogens with one attached hydrogen (secondary N) is 1. The van der Waals surface area contributed by atoms with Crippen molar-refractivity contribution in [1.29, 1.82) is 0 Å². The van der Waals surface area contributed by atoms with Crippen LogP contribution in [0.5, 0.6) is 5.75 Å². The quantitative estimate of drug-likeness (QED) is 0.793. The van der Waals surface area contributed by atoms with Gasteiger partial charge in [0.25, 0.3) is 0 Å². The normalized spacial score (nSPS) is 18.9. The van der Waals surface area contributed by atoms with Gasteiger partial charge in [0, 0.05) is 6.54 Å². The highest BCUT2D eigenvalue weighted by Crippen LogP contribution is 2.40. The number of pyridine rings is 1. The van der Waals surface area contributed by atoms with Crippen molar-refractivity contribution in [3.8, 4) is 5.75 Å². The minimum Gasteiger partial charge on any atom is -0.495 e. The van der Waals surface area contributed by atoms with Gasteiger partial charge in [0.2, 0.25) is 0 Å². The van der Waals surface area contributed by atoms with E-state index >= 15 is 0 Å². The first-order valence-corrected chi connectivity index (χ1v) is 5.66. The molecule has 1 atom stereocenters. The summed E-state index contributed by atoms with van der Waals surface area (Å²) in [7, 11) is 1.64. The van der Waals surface area contributed by atoms with E-state index in [0.29, 0.717) is 12.5 Å². The summed E-state index contributed by atoms with van der Waals surface area (Å²) >= 11 is 0. The molecular formula is C12H19N3O. The predicted octanol–water partition coefficient (Wildman–Crippen LogP) is 1.63. The first-order chi connectivity index (χ1) is 7.68. The molecule has 0 amide bonds. The molecule has 0 spiro atoms. The molecule has 1 unspecified atom stereocenters. The van der Waals surface area contributed by atoms with Gasteiger partial charge < -0.3 is 15.8 Å². The lowest BCUT2D eigenvalue weighted by Gasteiger charge is -2.30. The summed E-state index contributed by atoms with van der Waals surface area (Å²) in [4.78, 5) is 4.30. The number of hydrogen-bond donors (Lipinski definition) is 2. The molecule has 0 saturated heterocycles. The summed E-state index contributed by atoms with van der Waals surface area (Å²) in [6, 6.07) is 3.83. The van der Waals surface area contributed by atoms with Crippen LogP contribution < -0.4 is 15.8 Å². The zero-order valence-electron chi connectivity index (χ0n) is 9.86. The predicted molar refractivity (Wildman–Crippen MR) is 64.6 cm³/mol. The molecule has 16 heavy (non-hydrogen) atoms. The van der Waals surface area contributed by atoms with Gasteiger partial charge in [0.15, 0.2) is 0 Å². The Balaban J connectivity index is 2.06. The maximum absolute atomic E-state index is 5.84. The molecular weight excluding hydrogens is 202 g/mol. The number of aromatic nitrogens is 1. The summed E-state index contributed by atoms with van der Waals surface area (Å²) in [6.07, 6.45) is 4.24. The number of nitrogens with two attached hydrogens (primary N) is 1. The second kappa shape index (κ2) is 4.29. The average Bonchev–Trinajstić information content (AvgIpc) is 3.14.